The molecule has 0 nitrogen and oxygen atoms in total. The van der Waals surface area contributed by atoms with Gasteiger partial charge in [0.05, 0.1) is 0 Å². The van der Waals surface area contributed by atoms with Gasteiger partial charge in [0.25, 0.3) is 0 Å². The van der Waals surface area contributed by atoms with Gasteiger partial charge in [0.15, 0.2) is 0 Å². The van der Waals surface area contributed by atoms with Gasteiger partial charge in [-0.3, -0.25) is 0 Å². The van der Waals surface area contributed by atoms with Crippen molar-refractivity contribution in [2.75, 3.05) is 0 Å². The molecular formula is C17H24Cl2Ti. The van der Waals surface area contributed by atoms with Crippen LogP contribution in [0.15, 0.2) is 17.7 Å². The van der Waals surface area contributed by atoms with E-state index < -0.39 is 17.0 Å². The topological polar surface area (TPSA) is 0 Å². The first-order valence-electron chi connectivity index (χ1n) is 7.26. The molecule has 0 N–H and O–H groups in total. The van der Waals surface area contributed by atoms with Crippen LogP contribution in [0.4, 0.5) is 0 Å². The summed E-state index contributed by atoms with van der Waals surface area (Å²) in [6.45, 7) is 11.4. The maximum atomic E-state index is 4.89. The van der Waals surface area contributed by atoms with Crippen molar-refractivity contribution in [3.63, 3.8) is 0 Å². The summed E-state index contributed by atoms with van der Waals surface area (Å²) in [5, 5.41) is 0. The van der Waals surface area contributed by atoms with Crippen LogP contribution in [0, 0.1) is 0 Å². The van der Waals surface area contributed by atoms with Crippen LogP contribution >= 0.6 is 18.6 Å². The van der Waals surface area contributed by atoms with Crippen molar-refractivity contribution in [2.45, 2.75) is 59.3 Å². The van der Waals surface area contributed by atoms with Gasteiger partial charge in [0.2, 0.25) is 0 Å². The molecule has 1 aromatic rings. The van der Waals surface area contributed by atoms with Crippen molar-refractivity contribution in [3.05, 3.63) is 40.0 Å². The van der Waals surface area contributed by atoms with Gasteiger partial charge in [-0.05, 0) is 46.9 Å². The molecule has 0 spiro atoms. The molecule has 0 amide bonds. The number of allylic oxidation sites excluding steroid dienone is 1. The predicted octanol–water partition coefficient (Wildman–Crippen LogP) is 6.66. The van der Waals surface area contributed by atoms with Crippen LogP contribution in [0.1, 0.15) is 75.1 Å². The van der Waals surface area contributed by atoms with Gasteiger partial charge >= 0.3 is 35.6 Å². The van der Waals surface area contributed by atoms with Crippen LogP contribution < -0.4 is 0 Å². The molecule has 0 aromatic heterocycles. The van der Waals surface area contributed by atoms with Crippen molar-refractivity contribution in [1.82, 2.24) is 0 Å². The van der Waals surface area contributed by atoms with E-state index in [2.05, 4.69) is 52.8 Å². The Morgan fingerprint density at radius 1 is 1.10 bits per heavy atom. The summed E-state index contributed by atoms with van der Waals surface area (Å²) in [5.74, 6) is 1.25. The first-order chi connectivity index (χ1) is 9.44. The first kappa shape index (κ1) is 18.3. The fourth-order valence-corrected chi connectivity index (χ4v) is 2.62. The second-order valence-corrected chi connectivity index (χ2v) is 8.48. The Labute approximate surface area is 140 Å². The van der Waals surface area contributed by atoms with E-state index in [0.29, 0.717) is 11.8 Å². The molecular weight excluding hydrogens is 323 g/mol. The van der Waals surface area contributed by atoms with E-state index in [1.807, 2.05) is 0 Å². The zero-order valence-electron chi connectivity index (χ0n) is 13.1. The average molecular weight is 347 g/mol. The molecule has 1 aromatic carbocycles. The van der Waals surface area contributed by atoms with Gasteiger partial charge in [0.1, 0.15) is 0 Å². The SMILES string of the molecule is CCC1=Cc2c(cc(C(C)C)cc2C(C)C)C1.[Cl][Ti][Cl]. The zero-order valence-corrected chi connectivity index (χ0v) is 16.1. The van der Waals surface area contributed by atoms with Crippen LogP contribution in [0.5, 0.6) is 0 Å². The Bertz CT molecular complexity index is 476. The van der Waals surface area contributed by atoms with Gasteiger partial charge in [-0.25, -0.2) is 0 Å². The molecule has 0 saturated heterocycles. The van der Waals surface area contributed by atoms with Gasteiger partial charge in [-0.1, -0.05) is 58.4 Å². The minimum atomic E-state index is -0.556. The number of hydrogen-bond donors (Lipinski definition) is 0. The molecule has 1 aliphatic carbocycles. The Kier molecular flexibility index (Phi) is 7.90. The molecule has 0 saturated carbocycles. The predicted molar refractivity (Wildman–Crippen MR) is 88.3 cm³/mol. The summed E-state index contributed by atoms with van der Waals surface area (Å²) in [6.07, 6.45) is 4.78. The van der Waals surface area contributed by atoms with Crippen molar-refractivity contribution in [3.8, 4) is 0 Å². The van der Waals surface area contributed by atoms with Gasteiger partial charge in [-0.15, -0.1) is 0 Å². The summed E-state index contributed by atoms with van der Waals surface area (Å²) < 4.78 is 0. The standard InChI is InChI=1S/C17H24.2ClH.Ti/c1-6-13-7-15-9-14(11(2)3)10-16(12(4)5)17(15)8-13;;;/h8-12H,6-7H2,1-5H3;2*1H;/q;;;+2/p-2. The van der Waals surface area contributed by atoms with Crippen molar-refractivity contribution < 1.29 is 17.0 Å². The third-order valence-corrected chi connectivity index (χ3v) is 3.83. The summed E-state index contributed by atoms with van der Waals surface area (Å²) in [4.78, 5) is 0. The van der Waals surface area contributed by atoms with Crippen LogP contribution in [0.2, 0.25) is 0 Å². The van der Waals surface area contributed by atoms with Crippen molar-refractivity contribution in [2.24, 2.45) is 0 Å². The monoisotopic (exact) mass is 346 g/mol. The van der Waals surface area contributed by atoms with Crippen LogP contribution in [0.3, 0.4) is 0 Å². The third kappa shape index (κ3) is 4.63. The molecule has 110 valence electrons. The number of rotatable bonds is 3. The molecule has 0 unspecified atom stereocenters. The summed E-state index contributed by atoms with van der Waals surface area (Å²) in [5.41, 5.74) is 7.69. The Morgan fingerprint density at radius 2 is 1.70 bits per heavy atom. The quantitative estimate of drug-likeness (QED) is 0.537. The second kappa shape index (κ2) is 8.64. The molecule has 3 heteroatoms. The van der Waals surface area contributed by atoms with E-state index in [-0.39, 0.29) is 0 Å². The fraction of sp³-hybridized carbons (Fsp3) is 0.529. The van der Waals surface area contributed by atoms with E-state index in [0.717, 1.165) is 0 Å². The third-order valence-electron chi connectivity index (χ3n) is 3.83. The van der Waals surface area contributed by atoms with Gasteiger partial charge in [-0.2, -0.15) is 0 Å². The molecule has 0 radical (unpaired) electrons. The number of hydrogen-bond acceptors (Lipinski definition) is 0. The summed E-state index contributed by atoms with van der Waals surface area (Å²) in [6, 6.07) is 4.84. The Hall–Kier alpha value is 0.254. The molecule has 2 rings (SSSR count). The van der Waals surface area contributed by atoms with Gasteiger partial charge < -0.3 is 0 Å². The van der Waals surface area contributed by atoms with E-state index >= 15 is 0 Å². The van der Waals surface area contributed by atoms with E-state index in [4.69, 9.17) is 18.6 Å². The molecule has 0 fully saturated rings. The Balaban J connectivity index is 0.000000612. The van der Waals surface area contributed by atoms with Crippen LogP contribution in [0.25, 0.3) is 6.08 Å². The minimum absolute atomic E-state index is 0.556. The molecule has 0 bridgehead atoms. The number of halogens is 2. The first-order valence-corrected chi connectivity index (χ1v) is 11.6. The fourth-order valence-electron chi connectivity index (χ4n) is 2.62. The second-order valence-electron chi connectivity index (χ2n) is 5.90. The molecule has 1 aliphatic rings. The van der Waals surface area contributed by atoms with Crippen molar-refractivity contribution in [1.29, 1.82) is 0 Å². The average Bonchev–Trinajstić information content (AvgIpc) is 2.80. The molecule has 0 atom stereocenters. The van der Waals surface area contributed by atoms with Crippen molar-refractivity contribution >= 4 is 24.7 Å². The molecule has 0 aliphatic heterocycles. The molecule has 0 heterocycles. The number of fused-ring (bicyclic) bond motifs is 1. The van der Waals surface area contributed by atoms with E-state index in [1.165, 1.54) is 29.5 Å². The number of benzene rings is 1. The maximum absolute atomic E-state index is 4.89. The normalized spacial score (nSPS) is 12.9. The Morgan fingerprint density at radius 3 is 2.15 bits per heavy atom. The van der Waals surface area contributed by atoms with Crippen LogP contribution in [-0.4, -0.2) is 0 Å². The zero-order chi connectivity index (χ0) is 15.3. The summed E-state index contributed by atoms with van der Waals surface area (Å²) >= 11 is -0.556. The van der Waals surface area contributed by atoms with Gasteiger partial charge in [0, 0.05) is 0 Å². The van der Waals surface area contributed by atoms with E-state index in [9.17, 15) is 0 Å². The molecule has 20 heavy (non-hydrogen) atoms. The van der Waals surface area contributed by atoms with Crippen LogP contribution in [-0.2, 0) is 23.5 Å². The van der Waals surface area contributed by atoms with E-state index in [1.54, 1.807) is 11.1 Å². The summed E-state index contributed by atoms with van der Waals surface area (Å²) in [7, 11) is 9.78.